The average Bonchev–Trinajstić information content (AvgIpc) is 2.46. The van der Waals surface area contributed by atoms with E-state index >= 15 is 0 Å². The van der Waals surface area contributed by atoms with Gasteiger partial charge in [-0.15, -0.1) is 0 Å². The second-order valence-electron chi connectivity index (χ2n) is 4.08. The number of aromatic nitrogens is 2. The highest BCUT2D eigenvalue weighted by Crippen LogP contribution is 2.37. The first-order chi connectivity index (χ1) is 9.65. The molecule has 0 saturated carbocycles. The molecule has 0 bridgehead atoms. The number of anilines is 1. The number of ether oxygens (including phenoxy) is 1. The van der Waals surface area contributed by atoms with Crippen molar-refractivity contribution in [3.63, 3.8) is 0 Å². The molecule has 0 radical (unpaired) electrons. The van der Waals surface area contributed by atoms with Crippen molar-refractivity contribution in [3.8, 4) is 11.6 Å². The summed E-state index contributed by atoms with van der Waals surface area (Å²) in [5, 5.41) is 2.20. The predicted molar refractivity (Wildman–Crippen MR) is 85.9 cm³/mol. The van der Waals surface area contributed by atoms with Crippen molar-refractivity contribution in [1.82, 2.24) is 9.97 Å². The maximum atomic E-state index is 5.80. The van der Waals surface area contributed by atoms with E-state index in [2.05, 4.69) is 41.8 Å². The summed E-state index contributed by atoms with van der Waals surface area (Å²) in [6.07, 6.45) is 1.56. The summed E-state index contributed by atoms with van der Waals surface area (Å²) in [5.41, 5.74) is 5.57. The van der Waals surface area contributed by atoms with Gasteiger partial charge >= 0.3 is 0 Å². The normalized spacial score (nSPS) is 10.7. The molecule has 20 heavy (non-hydrogen) atoms. The number of fused-ring (bicyclic) bond motifs is 1. The summed E-state index contributed by atoms with van der Waals surface area (Å²) in [4.78, 5) is 7.95. The molecule has 0 amide bonds. The van der Waals surface area contributed by atoms with E-state index in [0.29, 0.717) is 16.1 Å². The lowest BCUT2D eigenvalue weighted by atomic mass is 10.1. The number of nitrogens with two attached hydrogens (primary N) is 1. The highest BCUT2D eigenvalue weighted by molar-refractivity contribution is 9.11. The minimum Gasteiger partial charge on any atom is -0.436 e. The van der Waals surface area contributed by atoms with Crippen LogP contribution < -0.4 is 10.5 Å². The van der Waals surface area contributed by atoms with Gasteiger partial charge in [-0.25, -0.2) is 4.98 Å². The van der Waals surface area contributed by atoms with Gasteiger partial charge in [0.2, 0.25) is 11.8 Å². The molecule has 1 heterocycles. The molecule has 100 valence electrons. The molecule has 0 spiro atoms. The van der Waals surface area contributed by atoms with Gasteiger partial charge in [-0.3, -0.25) is 0 Å². The lowest BCUT2D eigenvalue weighted by Gasteiger charge is -2.10. The van der Waals surface area contributed by atoms with Crippen LogP contribution in [-0.4, -0.2) is 9.97 Å². The Bertz CT molecular complexity index is 792. The third-order valence-corrected chi connectivity index (χ3v) is 4.13. The summed E-state index contributed by atoms with van der Waals surface area (Å²) >= 11 is 6.91. The van der Waals surface area contributed by atoms with E-state index in [-0.39, 0.29) is 5.95 Å². The first-order valence-corrected chi connectivity index (χ1v) is 7.37. The fraction of sp³-hybridized carbons (Fsp3) is 0. The van der Waals surface area contributed by atoms with Crippen LogP contribution in [0.4, 0.5) is 5.95 Å². The maximum absolute atomic E-state index is 5.80. The van der Waals surface area contributed by atoms with Gasteiger partial charge in [0.25, 0.3) is 0 Å². The van der Waals surface area contributed by atoms with Gasteiger partial charge in [-0.1, -0.05) is 30.3 Å². The Morgan fingerprint density at radius 3 is 2.70 bits per heavy atom. The Hall–Kier alpha value is -1.66. The molecule has 0 aliphatic heterocycles. The number of halogens is 2. The van der Waals surface area contributed by atoms with Crippen LogP contribution in [0, 0.1) is 0 Å². The van der Waals surface area contributed by atoms with Crippen LogP contribution in [0.1, 0.15) is 0 Å². The largest absolute Gasteiger partial charge is 0.436 e. The molecule has 3 aromatic rings. The fourth-order valence-corrected chi connectivity index (χ4v) is 2.68. The third kappa shape index (κ3) is 2.48. The quantitative estimate of drug-likeness (QED) is 0.693. The van der Waals surface area contributed by atoms with Gasteiger partial charge in [0, 0.05) is 0 Å². The van der Waals surface area contributed by atoms with Crippen molar-refractivity contribution < 1.29 is 4.74 Å². The molecule has 0 aliphatic rings. The summed E-state index contributed by atoms with van der Waals surface area (Å²) in [6.45, 7) is 0. The molecule has 2 aromatic carbocycles. The zero-order chi connectivity index (χ0) is 14.1. The molecule has 4 nitrogen and oxygen atoms in total. The van der Waals surface area contributed by atoms with Gasteiger partial charge in [0.1, 0.15) is 5.75 Å². The molecule has 0 fully saturated rings. The Morgan fingerprint density at radius 1 is 1.05 bits per heavy atom. The van der Waals surface area contributed by atoms with Crippen molar-refractivity contribution in [1.29, 1.82) is 0 Å². The maximum Gasteiger partial charge on any atom is 0.238 e. The number of rotatable bonds is 2. The lowest BCUT2D eigenvalue weighted by molar-refractivity contribution is 0.457. The summed E-state index contributed by atoms with van der Waals surface area (Å²) in [7, 11) is 0. The lowest BCUT2D eigenvalue weighted by Crippen LogP contribution is -1.97. The molecule has 0 unspecified atom stereocenters. The number of hydrogen-bond acceptors (Lipinski definition) is 4. The van der Waals surface area contributed by atoms with E-state index in [1.807, 2.05) is 36.4 Å². The Kier molecular flexibility index (Phi) is 3.58. The van der Waals surface area contributed by atoms with Crippen LogP contribution in [0.2, 0.25) is 0 Å². The third-order valence-electron chi connectivity index (χ3n) is 2.77. The molecule has 1 aromatic heterocycles. The highest BCUT2D eigenvalue weighted by atomic mass is 79.9. The monoisotopic (exact) mass is 393 g/mol. The smallest absolute Gasteiger partial charge is 0.238 e. The summed E-state index contributed by atoms with van der Waals surface area (Å²) in [6, 6.07) is 11.9. The van der Waals surface area contributed by atoms with Crippen LogP contribution in [0.3, 0.4) is 0 Å². The predicted octanol–water partition coefficient (Wildman–Crippen LogP) is 4.53. The minimum absolute atomic E-state index is 0.167. The van der Waals surface area contributed by atoms with Crippen molar-refractivity contribution >= 4 is 48.6 Å². The molecule has 2 N–H and O–H groups in total. The SMILES string of the molecule is Nc1ncc(Br)c(Oc2ccc3ccccc3c2Br)n1. The van der Waals surface area contributed by atoms with E-state index in [4.69, 9.17) is 10.5 Å². The molecular weight excluding hydrogens is 386 g/mol. The van der Waals surface area contributed by atoms with Crippen LogP contribution >= 0.6 is 31.9 Å². The number of nitrogens with zero attached hydrogens (tertiary/aromatic N) is 2. The van der Waals surface area contributed by atoms with Gasteiger partial charge in [-0.05, 0) is 48.7 Å². The summed E-state index contributed by atoms with van der Waals surface area (Å²) < 4.78 is 7.32. The molecule has 0 atom stereocenters. The second kappa shape index (κ2) is 5.38. The molecular formula is C14H9Br2N3O. The number of hydrogen-bond donors (Lipinski definition) is 1. The van der Waals surface area contributed by atoms with Gasteiger partial charge in [-0.2, -0.15) is 4.98 Å². The number of benzene rings is 2. The fourth-order valence-electron chi connectivity index (χ4n) is 1.83. The van der Waals surface area contributed by atoms with Crippen molar-refractivity contribution in [2.24, 2.45) is 0 Å². The first kappa shape index (κ1) is 13.3. The van der Waals surface area contributed by atoms with E-state index < -0.39 is 0 Å². The average molecular weight is 395 g/mol. The highest BCUT2D eigenvalue weighted by Gasteiger charge is 2.11. The van der Waals surface area contributed by atoms with Crippen molar-refractivity contribution in [3.05, 3.63) is 51.5 Å². The molecule has 0 saturated heterocycles. The minimum atomic E-state index is 0.167. The van der Waals surface area contributed by atoms with E-state index in [1.54, 1.807) is 6.20 Å². The van der Waals surface area contributed by atoms with Crippen LogP contribution in [0.25, 0.3) is 10.8 Å². The van der Waals surface area contributed by atoms with E-state index in [0.717, 1.165) is 15.2 Å². The van der Waals surface area contributed by atoms with Crippen LogP contribution in [0.5, 0.6) is 11.6 Å². The molecule has 6 heteroatoms. The summed E-state index contributed by atoms with van der Waals surface area (Å²) in [5.74, 6) is 1.22. The zero-order valence-electron chi connectivity index (χ0n) is 10.2. The Morgan fingerprint density at radius 2 is 1.85 bits per heavy atom. The second-order valence-corrected chi connectivity index (χ2v) is 5.73. The first-order valence-electron chi connectivity index (χ1n) is 5.78. The molecule has 0 aliphatic carbocycles. The van der Waals surface area contributed by atoms with Gasteiger partial charge < -0.3 is 10.5 Å². The van der Waals surface area contributed by atoms with Gasteiger partial charge in [0.15, 0.2) is 0 Å². The van der Waals surface area contributed by atoms with Gasteiger partial charge in [0.05, 0.1) is 15.1 Å². The van der Waals surface area contributed by atoms with E-state index in [9.17, 15) is 0 Å². The van der Waals surface area contributed by atoms with Crippen LogP contribution in [-0.2, 0) is 0 Å². The van der Waals surface area contributed by atoms with E-state index in [1.165, 1.54) is 0 Å². The molecule has 3 rings (SSSR count). The number of nitrogen functional groups attached to an aromatic ring is 1. The topological polar surface area (TPSA) is 61.0 Å². The van der Waals surface area contributed by atoms with Crippen molar-refractivity contribution in [2.45, 2.75) is 0 Å². The Labute approximate surface area is 132 Å². The zero-order valence-corrected chi connectivity index (χ0v) is 13.3. The Balaban J connectivity index is 2.07. The van der Waals surface area contributed by atoms with Crippen molar-refractivity contribution in [2.75, 3.05) is 5.73 Å². The van der Waals surface area contributed by atoms with Crippen LogP contribution in [0.15, 0.2) is 51.5 Å². The standard InChI is InChI=1S/C14H9Br2N3O/c15-10-7-18-14(17)19-13(10)20-11-6-5-8-3-1-2-4-9(8)12(11)16/h1-7H,(H2,17,18,19).